The molecule has 2 fully saturated rings. The van der Waals surface area contributed by atoms with E-state index in [1.165, 1.54) is 34.8 Å². The fourth-order valence-electron chi connectivity index (χ4n) is 7.58. The number of nitrogens with zero attached hydrogens (tertiary/aromatic N) is 5. The predicted octanol–water partition coefficient (Wildman–Crippen LogP) is 3.31. The van der Waals surface area contributed by atoms with Gasteiger partial charge in [-0.25, -0.2) is 30.0 Å². The highest BCUT2D eigenvalue weighted by atomic mass is 35.5. The van der Waals surface area contributed by atoms with Crippen LogP contribution in [0.1, 0.15) is 55.3 Å². The standard InChI is InChI=1S/C35H47ClN6O7S3/c1-50(44,45)32-9-3-4-10-33(32)52(48,49)37-17-5-8-26-24-27(12-13-30(26)36)35-29-25-40(51(2,46)47)23-16-31(29)42(38-35)20-7-18-39-21-14-28(15-22-39)41-19-6-11-34(41)43/h3-4,9-10,12-13,24,28,37H,5-8,11,14-23,25H2,1-2H3. The van der Waals surface area contributed by atoms with Crippen LogP contribution in [0.5, 0.6) is 0 Å². The second-order valence-electron chi connectivity index (χ2n) is 14.0. The van der Waals surface area contributed by atoms with E-state index < -0.39 is 29.9 Å². The van der Waals surface area contributed by atoms with Gasteiger partial charge in [-0.3, -0.25) is 9.48 Å². The average Bonchev–Trinajstić information content (AvgIpc) is 3.70. The van der Waals surface area contributed by atoms with Crippen molar-refractivity contribution in [3.05, 3.63) is 64.3 Å². The van der Waals surface area contributed by atoms with Gasteiger partial charge in [0.15, 0.2) is 9.84 Å². The van der Waals surface area contributed by atoms with Crippen molar-refractivity contribution < 1.29 is 30.0 Å². The highest BCUT2D eigenvalue weighted by molar-refractivity contribution is 7.93. The molecule has 3 aromatic rings. The Bertz CT molecular complexity index is 2130. The lowest BCUT2D eigenvalue weighted by molar-refractivity contribution is -0.130. The molecule has 284 valence electrons. The van der Waals surface area contributed by atoms with Gasteiger partial charge in [0.1, 0.15) is 4.90 Å². The van der Waals surface area contributed by atoms with Gasteiger partial charge in [0.05, 0.1) is 16.8 Å². The maximum absolute atomic E-state index is 13.0. The van der Waals surface area contributed by atoms with Gasteiger partial charge in [0.2, 0.25) is 26.0 Å². The lowest BCUT2D eigenvalue weighted by Crippen LogP contribution is -2.45. The fourth-order valence-corrected chi connectivity index (χ4v) is 11.3. The third-order valence-electron chi connectivity index (χ3n) is 10.3. The molecule has 0 spiro atoms. The lowest BCUT2D eigenvalue weighted by Gasteiger charge is -2.36. The summed E-state index contributed by atoms with van der Waals surface area (Å²) in [7, 11) is -11.3. The molecule has 6 rings (SSSR count). The first-order valence-electron chi connectivity index (χ1n) is 17.7. The summed E-state index contributed by atoms with van der Waals surface area (Å²) >= 11 is 6.60. The first-order chi connectivity index (χ1) is 24.6. The number of sulfone groups is 1. The van der Waals surface area contributed by atoms with Crippen LogP contribution in [-0.4, -0.2) is 113 Å². The Hall–Kier alpha value is -2.86. The van der Waals surface area contributed by atoms with Crippen LogP contribution in [0.25, 0.3) is 11.3 Å². The molecule has 4 heterocycles. The molecule has 0 saturated carbocycles. The van der Waals surface area contributed by atoms with Crippen LogP contribution in [0, 0.1) is 0 Å². The van der Waals surface area contributed by atoms with Crippen LogP contribution < -0.4 is 4.72 Å². The summed E-state index contributed by atoms with van der Waals surface area (Å²) in [6, 6.07) is 11.4. The van der Waals surface area contributed by atoms with Gasteiger partial charge in [0.25, 0.3) is 0 Å². The zero-order valence-corrected chi connectivity index (χ0v) is 32.8. The SMILES string of the molecule is CS(=O)(=O)c1ccccc1S(=O)(=O)NCCCc1cc(-c2nn(CCCN3CCC(N4CCCC4=O)CC3)c3c2CN(S(C)(=O)=O)CC3)ccc1Cl. The van der Waals surface area contributed by atoms with Crippen molar-refractivity contribution in [1.82, 2.24) is 28.6 Å². The van der Waals surface area contributed by atoms with Gasteiger partial charge < -0.3 is 9.80 Å². The monoisotopic (exact) mass is 794 g/mol. The van der Waals surface area contributed by atoms with E-state index in [4.69, 9.17) is 16.7 Å². The van der Waals surface area contributed by atoms with Crippen molar-refractivity contribution >= 4 is 47.4 Å². The average molecular weight is 795 g/mol. The van der Waals surface area contributed by atoms with Gasteiger partial charge in [0, 0.05) is 92.8 Å². The van der Waals surface area contributed by atoms with E-state index in [1.807, 2.05) is 16.8 Å². The van der Waals surface area contributed by atoms with Gasteiger partial charge in [-0.1, -0.05) is 29.8 Å². The molecule has 0 atom stereocenters. The van der Waals surface area contributed by atoms with Crippen molar-refractivity contribution in [2.75, 3.05) is 51.8 Å². The summed E-state index contributed by atoms with van der Waals surface area (Å²) in [5.41, 5.74) is 4.19. The van der Waals surface area contributed by atoms with Crippen molar-refractivity contribution in [2.24, 2.45) is 0 Å². The number of rotatable bonds is 14. The number of nitrogens with one attached hydrogen (secondary N) is 1. The molecule has 1 amide bonds. The van der Waals surface area contributed by atoms with E-state index in [9.17, 15) is 30.0 Å². The van der Waals surface area contributed by atoms with Crippen LogP contribution in [0.2, 0.25) is 5.02 Å². The Kier molecular flexibility index (Phi) is 11.8. The Morgan fingerprint density at radius 1 is 0.885 bits per heavy atom. The Labute approximate surface area is 312 Å². The van der Waals surface area contributed by atoms with E-state index in [1.54, 1.807) is 6.07 Å². The number of hydrogen-bond acceptors (Lipinski definition) is 9. The number of aromatic nitrogens is 2. The Morgan fingerprint density at radius 3 is 2.29 bits per heavy atom. The topological polar surface area (TPSA) is 159 Å². The third-order valence-corrected chi connectivity index (χ3v) is 14.7. The van der Waals surface area contributed by atoms with Crippen molar-refractivity contribution in [3.8, 4) is 11.3 Å². The highest BCUT2D eigenvalue weighted by Crippen LogP contribution is 2.34. The minimum atomic E-state index is -4.08. The molecule has 2 saturated heterocycles. The molecular weight excluding hydrogens is 748 g/mol. The second-order valence-corrected chi connectivity index (χ2v) is 20.1. The Balaban J connectivity index is 1.13. The number of fused-ring (bicyclic) bond motifs is 1. The second kappa shape index (κ2) is 15.9. The van der Waals surface area contributed by atoms with Crippen molar-refractivity contribution in [3.63, 3.8) is 0 Å². The van der Waals surface area contributed by atoms with Crippen LogP contribution in [0.3, 0.4) is 0 Å². The summed E-state index contributed by atoms with van der Waals surface area (Å²) in [5, 5.41) is 5.56. The van der Waals surface area contributed by atoms with Crippen molar-refractivity contribution in [2.45, 2.75) is 80.3 Å². The molecule has 52 heavy (non-hydrogen) atoms. The van der Waals surface area contributed by atoms with Gasteiger partial charge >= 0.3 is 0 Å². The van der Waals surface area contributed by atoms with Gasteiger partial charge in [-0.2, -0.15) is 9.40 Å². The van der Waals surface area contributed by atoms with E-state index in [0.717, 1.165) is 80.5 Å². The van der Waals surface area contributed by atoms with E-state index in [2.05, 4.69) is 14.5 Å². The summed E-state index contributed by atoms with van der Waals surface area (Å²) in [6.07, 6.45) is 8.08. The third kappa shape index (κ3) is 8.91. The van der Waals surface area contributed by atoms with E-state index >= 15 is 0 Å². The number of sulfonamides is 2. The number of carbonyl (C=O) groups is 1. The first kappa shape index (κ1) is 38.9. The normalized spacial score (nSPS) is 18.3. The molecule has 0 aliphatic carbocycles. The number of likely N-dealkylation sites (tertiary alicyclic amines) is 2. The van der Waals surface area contributed by atoms with Gasteiger partial charge in [-0.05, 0) is 74.9 Å². The number of halogens is 1. The fraction of sp³-hybridized carbons (Fsp3) is 0.543. The number of aryl methyl sites for hydroxylation is 2. The van der Waals surface area contributed by atoms with Gasteiger partial charge in [-0.15, -0.1) is 0 Å². The number of carbonyl (C=O) groups excluding carboxylic acids is 1. The number of benzene rings is 2. The summed E-state index contributed by atoms with van der Waals surface area (Å²) < 4.78 is 81.5. The minimum absolute atomic E-state index is 0.0579. The molecule has 13 nitrogen and oxygen atoms in total. The van der Waals surface area contributed by atoms with E-state index in [0.29, 0.717) is 55.5 Å². The molecule has 2 aromatic carbocycles. The molecule has 17 heteroatoms. The lowest BCUT2D eigenvalue weighted by atomic mass is 9.99. The largest absolute Gasteiger partial charge is 0.340 e. The van der Waals surface area contributed by atoms with E-state index in [-0.39, 0.29) is 28.8 Å². The van der Waals surface area contributed by atoms with Crippen LogP contribution in [-0.2, 0) is 60.6 Å². The van der Waals surface area contributed by atoms with Crippen LogP contribution in [0.15, 0.2) is 52.3 Å². The quantitative estimate of drug-likeness (QED) is 0.242. The van der Waals surface area contributed by atoms with Crippen LogP contribution >= 0.6 is 11.6 Å². The molecule has 0 radical (unpaired) electrons. The molecule has 1 aromatic heterocycles. The molecule has 0 bridgehead atoms. The number of amides is 1. The molecule has 0 unspecified atom stereocenters. The first-order valence-corrected chi connectivity index (χ1v) is 23.3. The Morgan fingerprint density at radius 2 is 1.62 bits per heavy atom. The highest BCUT2D eigenvalue weighted by Gasteiger charge is 2.32. The number of hydrogen-bond donors (Lipinski definition) is 1. The molecule has 1 N–H and O–H groups in total. The zero-order chi connectivity index (χ0) is 37.3. The summed E-state index contributed by atoms with van der Waals surface area (Å²) in [6.45, 7) is 5.07. The summed E-state index contributed by atoms with van der Waals surface area (Å²) in [5.74, 6) is 0.290. The molecule has 3 aliphatic heterocycles. The smallest absolute Gasteiger partial charge is 0.241 e. The minimum Gasteiger partial charge on any atom is -0.340 e. The maximum atomic E-state index is 13.0. The number of piperidine rings is 1. The maximum Gasteiger partial charge on any atom is 0.241 e. The molecular formula is C35H47ClN6O7S3. The summed E-state index contributed by atoms with van der Waals surface area (Å²) in [4.78, 5) is 16.2. The predicted molar refractivity (Wildman–Crippen MR) is 200 cm³/mol. The molecule has 3 aliphatic rings. The zero-order valence-electron chi connectivity index (χ0n) is 29.6. The van der Waals surface area contributed by atoms with Crippen LogP contribution in [0.4, 0.5) is 0 Å². The van der Waals surface area contributed by atoms with Crippen molar-refractivity contribution in [1.29, 1.82) is 0 Å².